The van der Waals surface area contributed by atoms with Gasteiger partial charge in [0, 0.05) is 11.4 Å². The number of ether oxygens (including phenoxy) is 2. The highest BCUT2D eigenvalue weighted by atomic mass is 35.5. The molecule has 0 radical (unpaired) electrons. The smallest absolute Gasteiger partial charge is 0.126 e. The largest absolute Gasteiger partial charge is 0.497 e. The highest BCUT2D eigenvalue weighted by molar-refractivity contribution is 6.19. The van der Waals surface area contributed by atoms with Gasteiger partial charge >= 0.3 is 0 Å². The fourth-order valence-electron chi connectivity index (χ4n) is 1.14. The number of methoxy groups -OCH3 is 2. The first kappa shape index (κ1) is 10.9. The SMILES string of the molecule is COc1ccc(OC)c(/C=C/CCl)c1. The Labute approximate surface area is 89.1 Å². The zero-order chi connectivity index (χ0) is 10.4. The number of rotatable bonds is 4. The third kappa shape index (κ3) is 2.67. The fraction of sp³-hybridized carbons (Fsp3) is 0.273. The van der Waals surface area contributed by atoms with Crippen LogP contribution in [-0.4, -0.2) is 20.1 Å². The lowest BCUT2D eigenvalue weighted by Crippen LogP contribution is -1.89. The minimum Gasteiger partial charge on any atom is -0.497 e. The highest BCUT2D eigenvalue weighted by Crippen LogP contribution is 2.24. The number of allylic oxidation sites excluding steroid dienone is 1. The van der Waals surface area contributed by atoms with E-state index >= 15 is 0 Å². The number of benzene rings is 1. The minimum atomic E-state index is 0.486. The topological polar surface area (TPSA) is 18.5 Å². The van der Waals surface area contributed by atoms with Crippen molar-refractivity contribution in [3.63, 3.8) is 0 Å². The molecule has 2 nitrogen and oxygen atoms in total. The van der Waals surface area contributed by atoms with Crippen LogP contribution in [0.4, 0.5) is 0 Å². The molecule has 3 heteroatoms. The summed E-state index contributed by atoms with van der Waals surface area (Å²) < 4.78 is 10.3. The maximum Gasteiger partial charge on any atom is 0.126 e. The summed E-state index contributed by atoms with van der Waals surface area (Å²) in [6, 6.07) is 5.63. The van der Waals surface area contributed by atoms with Crippen molar-refractivity contribution in [3.05, 3.63) is 29.8 Å². The molecule has 0 amide bonds. The molecule has 0 aliphatic carbocycles. The number of hydrogen-bond acceptors (Lipinski definition) is 2. The van der Waals surface area contributed by atoms with E-state index in [1.807, 2.05) is 30.4 Å². The van der Waals surface area contributed by atoms with Crippen molar-refractivity contribution in [2.75, 3.05) is 20.1 Å². The van der Waals surface area contributed by atoms with E-state index in [9.17, 15) is 0 Å². The first-order valence-electron chi connectivity index (χ1n) is 4.26. The van der Waals surface area contributed by atoms with Crippen LogP contribution >= 0.6 is 11.6 Å². The Kier molecular flexibility index (Phi) is 4.33. The van der Waals surface area contributed by atoms with Crippen LogP contribution in [-0.2, 0) is 0 Å². The Hall–Kier alpha value is -1.15. The minimum absolute atomic E-state index is 0.486. The van der Waals surface area contributed by atoms with E-state index < -0.39 is 0 Å². The molecule has 0 atom stereocenters. The molecule has 0 unspecified atom stereocenters. The average Bonchev–Trinajstić information content (AvgIpc) is 2.25. The first-order chi connectivity index (χ1) is 6.81. The molecule has 0 fully saturated rings. The maximum atomic E-state index is 5.56. The third-order valence-corrected chi connectivity index (χ3v) is 2.00. The van der Waals surface area contributed by atoms with Crippen LogP contribution in [0, 0.1) is 0 Å². The lowest BCUT2D eigenvalue weighted by Gasteiger charge is -2.06. The monoisotopic (exact) mass is 212 g/mol. The molecule has 0 heterocycles. The molecule has 0 aliphatic rings. The first-order valence-corrected chi connectivity index (χ1v) is 4.79. The van der Waals surface area contributed by atoms with Crippen LogP contribution in [0.25, 0.3) is 6.08 Å². The molecular formula is C11H13ClO2. The van der Waals surface area contributed by atoms with Gasteiger partial charge in [-0.05, 0) is 18.2 Å². The molecule has 0 aromatic heterocycles. The highest BCUT2D eigenvalue weighted by Gasteiger charge is 2.00. The molecule has 1 aromatic carbocycles. The van der Waals surface area contributed by atoms with Crippen molar-refractivity contribution in [1.82, 2.24) is 0 Å². The van der Waals surface area contributed by atoms with Gasteiger partial charge in [0.05, 0.1) is 14.2 Å². The van der Waals surface area contributed by atoms with E-state index in [4.69, 9.17) is 21.1 Å². The van der Waals surface area contributed by atoms with Gasteiger partial charge < -0.3 is 9.47 Å². The summed E-state index contributed by atoms with van der Waals surface area (Å²) >= 11 is 5.56. The van der Waals surface area contributed by atoms with Crippen LogP contribution in [0.3, 0.4) is 0 Å². The summed E-state index contributed by atoms with van der Waals surface area (Å²) in [6.07, 6.45) is 3.77. The Bertz CT molecular complexity index is 321. The third-order valence-electron chi connectivity index (χ3n) is 1.82. The van der Waals surface area contributed by atoms with Gasteiger partial charge in [-0.1, -0.05) is 12.2 Å². The summed E-state index contributed by atoms with van der Waals surface area (Å²) in [5, 5.41) is 0. The zero-order valence-electron chi connectivity index (χ0n) is 8.29. The molecule has 0 bridgehead atoms. The predicted molar refractivity (Wildman–Crippen MR) is 59.3 cm³/mol. The van der Waals surface area contributed by atoms with E-state index in [1.165, 1.54) is 0 Å². The lowest BCUT2D eigenvalue weighted by molar-refractivity contribution is 0.402. The van der Waals surface area contributed by atoms with Crippen LogP contribution in [0.1, 0.15) is 5.56 Å². The van der Waals surface area contributed by atoms with Crippen molar-refractivity contribution < 1.29 is 9.47 Å². The van der Waals surface area contributed by atoms with E-state index in [0.717, 1.165) is 17.1 Å². The van der Waals surface area contributed by atoms with Crippen LogP contribution < -0.4 is 9.47 Å². The van der Waals surface area contributed by atoms with Crippen molar-refractivity contribution >= 4 is 17.7 Å². The van der Waals surface area contributed by atoms with Gasteiger partial charge in [0.15, 0.2) is 0 Å². The predicted octanol–water partition coefficient (Wildman–Crippen LogP) is 2.96. The van der Waals surface area contributed by atoms with Crippen LogP contribution in [0.5, 0.6) is 11.5 Å². The Morgan fingerprint density at radius 1 is 1.29 bits per heavy atom. The van der Waals surface area contributed by atoms with Gasteiger partial charge in [-0.3, -0.25) is 0 Å². The van der Waals surface area contributed by atoms with Gasteiger partial charge in [0.1, 0.15) is 11.5 Å². The molecule has 1 rings (SSSR count). The molecule has 14 heavy (non-hydrogen) atoms. The Morgan fingerprint density at radius 3 is 2.64 bits per heavy atom. The summed E-state index contributed by atoms with van der Waals surface area (Å²) in [5.74, 6) is 2.10. The molecule has 0 aliphatic heterocycles. The molecular weight excluding hydrogens is 200 g/mol. The van der Waals surface area contributed by atoms with E-state index in [0.29, 0.717) is 5.88 Å². The Balaban J connectivity index is 3.02. The van der Waals surface area contributed by atoms with Gasteiger partial charge in [0.2, 0.25) is 0 Å². The second-order valence-corrected chi connectivity index (χ2v) is 2.97. The summed E-state index contributed by atoms with van der Waals surface area (Å²) in [7, 11) is 3.27. The van der Waals surface area contributed by atoms with Crippen molar-refractivity contribution in [2.45, 2.75) is 0 Å². The normalized spacial score (nSPS) is 10.5. The quantitative estimate of drug-likeness (QED) is 0.715. The molecule has 0 saturated carbocycles. The second-order valence-electron chi connectivity index (χ2n) is 2.66. The van der Waals surface area contributed by atoms with E-state index in [2.05, 4.69) is 0 Å². The molecule has 0 saturated heterocycles. The molecule has 0 N–H and O–H groups in total. The molecule has 0 spiro atoms. The van der Waals surface area contributed by atoms with Crippen LogP contribution in [0.2, 0.25) is 0 Å². The zero-order valence-corrected chi connectivity index (χ0v) is 9.04. The van der Waals surface area contributed by atoms with Crippen LogP contribution in [0.15, 0.2) is 24.3 Å². The lowest BCUT2D eigenvalue weighted by atomic mass is 10.2. The maximum absolute atomic E-state index is 5.56. The summed E-state index contributed by atoms with van der Waals surface area (Å²) in [4.78, 5) is 0. The van der Waals surface area contributed by atoms with Crippen molar-refractivity contribution in [1.29, 1.82) is 0 Å². The van der Waals surface area contributed by atoms with Gasteiger partial charge in [-0.15, -0.1) is 11.6 Å². The number of hydrogen-bond donors (Lipinski definition) is 0. The van der Waals surface area contributed by atoms with E-state index in [1.54, 1.807) is 14.2 Å². The summed E-state index contributed by atoms with van der Waals surface area (Å²) in [6.45, 7) is 0. The van der Waals surface area contributed by atoms with E-state index in [-0.39, 0.29) is 0 Å². The molecule has 76 valence electrons. The van der Waals surface area contributed by atoms with Gasteiger partial charge in [0.25, 0.3) is 0 Å². The number of alkyl halides is 1. The van der Waals surface area contributed by atoms with Gasteiger partial charge in [-0.25, -0.2) is 0 Å². The molecule has 1 aromatic rings. The Morgan fingerprint density at radius 2 is 2.07 bits per heavy atom. The second kappa shape index (κ2) is 5.55. The fourth-order valence-corrected chi connectivity index (χ4v) is 1.23. The average molecular weight is 213 g/mol. The number of halogens is 1. The van der Waals surface area contributed by atoms with Crippen molar-refractivity contribution in [3.8, 4) is 11.5 Å². The standard InChI is InChI=1S/C11H13ClO2/c1-13-10-5-6-11(14-2)9(8-10)4-3-7-12/h3-6,8H,7H2,1-2H3/b4-3+. The summed E-state index contributed by atoms with van der Waals surface area (Å²) in [5.41, 5.74) is 0.965. The van der Waals surface area contributed by atoms with Gasteiger partial charge in [-0.2, -0.15) is 0 Å². The van der Waals surface area contributed by atoms with Crippen molar-refractivity contribution in [2.24, 2.45) is 0 Å².